The van der Waals surface area contributed by atoms with Crippen molar-refractivity contribution in [3.8, 4) is 0 Å². The normalized spacial score (nSPS) is 14.8. The van der Waals surface area contributed by atoms with E-state index in [1.807, 2.05) is 27.3 Å². The Kier molecular flexibility index (Phi) is 6.39. The zero-order chi connectivity index (χ0) is 9.61. The predicted octanol–water partition coefficient (Wildman–Crippen LogP) is 2.39. The molecular weight excluding hydrogens is 240 g/mol. The summed E-state index contributed by atoms with van der Waals surface area (Å²) in [7, 11) is -2.36. The highest BCUT2D eigenvalue weighted by atomic mass is 79.9. The molecule has 0 spiro atoms. The maximum Gasteiger partial charge on any atom is 0.498 e. The zero-order valence-electron chi connectivity index (χ0n) is 8.09. The van der Waals surface area contributed by atoms with Crippen LogP contribution in [-0.4, -0.2) is 27.0 Å². The molecule has 0 aromatic rings. The van der Waals surface area contributed by atoms with Gasteiger partial charge in [0.25, 0.3) is 0 Å². The lowest BCUT2D eigenvalue weighted by Crippen LogP contribution is -2.43. The van der Waals surface area contributed by atoms with Crippen molar-refractivity contribution < 1.29 is 13.3 Å². The third-order valence-corrected chi connectivity index (χ3v) is 4.13. The van der Waals surface area contributed by atoms with E-state index in [0.29, 0.717) is 13.2 Å². The summed E-state index contributed by atoms with van der Waals surface area (Å²) in [6.07, 6.45) is 0. The van der Waals surface area contributed by atoms with Gasteiger partial charge in [0.1, 0.15) is 5.01 Å². The molecule has 1 unspecified atom stereocenters. The highest BCUT2D eigenvalue weighted by Crippen LogP contribution is 2.14. The molecule has 0 bridgehead atoms. The Labute approximate surface area is 83.9 Å². The van der Waals surface area contributed by atoms with Crippen LogP contribution >= 0.6 is 15.9 Å². The van der Waals surface area contributed by atoms with E-state index in [0.717, 1.165) is 0 Å². The first-order chi connectivity index (χ1) is 5.54. The second kappa shape index (κ2) is 6.10. The van der Waals surface area contributed by atoms with E-state index in [2.05, 4.69) is 15.9 Å². The number of hydrogen-bond donors (Lipinski definition) is 0. The van der Waals surface area contributed by atoms with Crippen molar-refractivity contribution in [2.75, 3.05) is 13.2 Å². The molecule has 1 atom stereocenters. The van der Waals surface area contributed by atoms with Gasteiger partial charge in [-0.25, -0.2) is 0 Å². The van der Waals surface area contributed by atoms with Crippen molar-refractivity contribution in [3.05, 3.63) is 0 Å². The summed E-state index contributed by atoms with van der Waals surface area (Å²) in [6, 6.07) is 0. The van der Waals surface area contributed by atoms with E-state index in [9.17, 15) is 0 Å². The van der Waals surface area contributed by atoms with Crippen LogP contribution in [0.4, 0.5) is 0 Å². The molecule has 3 nitrogen and oxygen atoms in total. The first kappa shape index (κ1) is 12.6. The van der Waals surface area contributed by atoms with Gasteiger partial charge in [0.15, 0.2) is 0 Å². The second-order valence-corrected chi connectivity index (χ2v) is 6.22. The summed E-state index contributed by atoms with van der Waals surface area (Å²) < 4.78 is 16.4. The second-order valence-electron chi connectivity index (χ2n) is 2.39. The fourth-order valence-corrected chi connectivity index (χ4v) is 3.81. The van der Waals surface area contributed by atoms with Crippen molar-refractivity contribution in [1.82, 2.24) is 0 Å². The summed E-state index contributed by atoms with van der Waals surface area (Å²) >= 11 is 3.30. The van der Waals surface area contributed by atoms with Crippen LogP contribution in [-0.2, 0) is 13.3 Å². The van der Waals surface area contributed by atoms with Crippen molar-refractivity contribution >= 4 is 24.7 Å². The summed E-state index contributed by atoms with van der Waals surface area (Å²) in [5.41, 5.74) is 0. The van der Waals surface area contributed by atoms with Gasteiger partial charge in [0, 0.05) is 19.8 Å². The molecule has 0 aliphatic carbocycles. The first-order valence-electron chi connectivity index (χ1n) is 4.14. The SMILES string of the molecule is CCO[Si](C)(OCC)OC(C)Br. The summed E-state index contributed by atoms with van der Waals surface area (Å²) in [5.74, 6) is 0. The summed E-state index contributed by atoms with van der Waals surface area (Å²) in [5, 5.41) is -0.0210. The van der Waals surface area contributed by atoms with Gasteiger partial charge in [0.2, 0.25) is 0 Å². The molecule has 0 aromatic heterocycles. The molecule has 0 N–H and O–H groups in total. The largest absolute Gasteiger partial charge is 0.498 e. The van der Waals surface area contributed by atoms with Crippen LogP contribution in [0.5, 0.6) is 0 Å². The van der Waals surface area contributed by atoms with Gasteiger partial charge in [-0.05, 0) is 20.8 Å². The van der Waals surface area contributed by atoms with E-state index >= 15 is 0 Å². The molecule has 0 aliphatic rings. The first-order valence-corrected chi connectivity index (χ1v) is 7.28. The Bertz CT molecular complexity index is 115. The van der Waals surface area contributed by atoms with E-state index in [-0.39, 0.29) is 5.01 Å². The molecule has 0 saturated carbocycles. The van der Waals surface area contributed by atoms with E-state index in [1.165, 1.54) is 0 Å². The molecule has 0 saturated heterocycles. The lowest BCUT2D eigenvalue weighted by Gasteiger charge is -2.26. The van der Waals surface area contributed by atoms with Crippen LogP contribution in [0, 0.1) is 0 Å². The van der Waals surface area contributed by atoms with Crippen molar-refractivity contribution in [1.29, 1.82) is 0 Å². The quantitative estimate of drug-likeness (QED) is 0.540. The Morgan fingerprint density at radius 3 is 1.92 bits per heavy atom. The molecule has 0 rings (SSSR count). The molecule has 74 valence electrons. The van der Waals surface area contributed by atoms with Crippen LogP contribution in [0.1, 0.15) is 20.8 Å². The minimum atomic E-state index is -2.36. The molecule has 12 heavy (non-hydrogen) atoms. The molecule has 0 fully saturated rings. The minimum absolute atomic E-state index is 0.0210. The average molecular weight is 257 g/mol. The minimum Gasteiger partial charge on any atom is -0.374 e. The van der Waals surface area contributed by atoms with Crippen molar-refractivity contribution in [3.63, 3.8) is 0 Å². The fraction of sp³-hybridized carbons (Fsp3) is 1.00. The van der Waals surface area contributed by atoms with Gasteiger partial charge in [0.05, 0.1) is 0 Å². The predicted molar refractivity (Wildman–Crippen MR) is 54.3 cm³/mol. The van der Waals surface area contributed by atoms with Gasteiger partial charge < -0.3 is 13.3 Å². The van der Waals surface area contributed by atoms with Gasteiger partial charge in [-0.15, -0.1) is 0 Å². The van der Waals surface area contributed by atoms with E-state index in [1.54, 1.807) is 0 Å². The van der Waals surface area contributed by atoms with Crippen LogP contribution in [0.2, 0.25) is 6.55 Å². The van der Waals surface area contributed by atoms with Gasteiger partial charge in [-0.3, -0.25) is 0 Å². The highest BCUT2D eigenvalue weighted by molar-refractivity contribution is 9.09. The monoisotopic (exact) mass is 256 g/mol. The fourth-order valence-electron chi connectivity index (χ4n) is 0.929. The maximum absolute atomic E-state index is 5.53. The number of hydrogen-bond acceptors (Lipinski definition) is 3. The number of rotatable bonds is 6. The zero-order valence-corrected chi connectivity index (χ0v) is 10.7. The summed E-state index contributed by atoms with van der Waals surface area (Å²) in [4.78, 5) is 0. The van der Waals surface area contributed by atoms with Gasteiger partial charge in [-0.1, -0.05) is 15.9 Å². The number of halogens is 1. The highest BCUT2D eigenvalue weighted by Gasteiger charge is 2.35. The topological polar surface area (TPSA) is 27.7 Å². The lowest BCUT2D eigenvalue weighted by atomic mass is 10.9. The Balaban J connectivity index is 3.98. The van der Waals surface area contributed by atoms with Gasteiger partial charge >= 0.3 is 8.80 Å². The molecule has 5 heteroatoms. The van der Waals surface area contributed by atoms with Crippen molar-refractivity contribution in [2.24, 2.45) is 0 Å². The van der Waals surface area contributed by atoms with E-state index in [4.69, 9.17) is 13.3 Å². The van der Waals surface area contributed by atoms with Crippen LogP contribution in [0.3, 0.4) is 0 Å². The van der Waals surface area contributed by atoms with Gasteiger partial charge in [-0.2, -0.15) is 0 Å². The lowest BCUT2D eigenvalue weighted by molar-refractivity contribution is 0.0712. The van der Waals surface area contributed by atoms with E-state index < -0.39 is 8.80 Å². The third-order valence-electron chi connectivity index (χ3n) is 1.19. The average Bonchev–Trinajstić information content (AvgIpc) is 1.85. The molecule has 0 aliphatic heterocycles. The molecule has 0 amide bonds. The number of alkyl halides is 1. The Morgan fingerprint density at radius 2 is 1.67 bits per heavy atom. The Morgan fingerprint density at radius 1 is 1.25 bits per heavy atom. The molecular formula is C7H17BrO3Si. The third kappa shape index (κ3) is 5.26. The molecule has 0 heterocycles. The smallest absolute Gasteiger partial charge is 0.374 e. The van der Waals surface area contributed by atoms with Crippen LogP contribution < -0.4 is 0 Å². The Hall–Kier alpha value is 0.577. The standard InChI is InChI=1S/C7H17BrO3Si/c1-5-9-12(4,10-6-2)11-7(3)8/h7H,5-6H2,1-4H3. The van der Waals surface area contributed by atoms with Crippen molar-refractivity contribution in [2.45, 2.75) is 32.3 Å². The van der Waals surface area contributed by atoms with Crippen LogP contribution in [0.15, 0.2) is 0 Å². The van der Waals surface area contributed by atoms with Crippen LogP contribution in [0.25, 0.3) is 0 Å². The summed E-state index contributed by atoms with van der Waals surface area (Å²) in [6.45, 7) is 8.94. The maximum atomic E-state index is 5.53. The molecule has 0 radical (unpaired) electrons. The molecule has 0 aromatic carbocycles.